The van der Waals surface area contributed by atoms with Crippen molar-refractivity contribution < 1.29 is 60.5 Å². The number of hydrogen-bond donors (Lipinski definition) is 10. The second-order valence-electron chi connectivity index (χ2n) is 10.3. The van der Waals surface area contributed by atoms with Crippen LogP contribution in [0, 0.1) is 0 Å². The third kappa shape index (κ3) is 4.33. The lowest BCUT2D eigenvalue weighted by Crippen LogP contribution is -2.31. The molecule has 10 N–H and O–H groups in total. The van der Waals surface area contributed by atoms with Gasteiger partial charge in [0.1, 0.15) is 40.6 Å². The fourth-order valence-corrected chi connectivity index (χ4v) is 5.56. The average Bonchev–Trinajstić information content (AvgIpc) is 2.92. The number of rotatable bonds is 3. The number of aromatic hydroxyl groups is 8. The molecule has 4 atom stereocenters. The Morgan fingerprint density at radius 2 is 1.19 bits per heavy atom. The maximum absolute atomic E-state index is 11.1. The first-order chi connectivity index (χ1) is 19.9. The van der Waals surface area contributed by atoms with E-state index < -0.39 is 53.2 Å². The third-order valence-electron chi connectivity index (χ3n) is 7.58. The molecule has 0 fully saturated rings. The number of phenolic OH excluding ortho intramolecular Hbond substituents is 8. The van der Waals surface area contributed by atoms with E-state index in [1.54, 1.807) is 0 Å². The van der Waals surface area contributed by atoms with Crippen molar-refractivity contribution in [1.29, 1.82) is 0 Å². The highest BCUT2D eigenvalue weighted by Crippen LogP contribution is 2.54. The highest BCUT2D eigenvalue weighted by Gasteiger charge is 2.39. The quantitative estimate of drug-likeness (QED) is 0.159. The van der Waals surface area contributed by atoms with Crippen LogP contribution in [-0.4, -0.2) is 63.3 Å². The summed E-state index contributed by atoms with van der Waals surface area (Å²) in [6.45, 7) is 0. The van der Waals surface area contributed by atoms with Gasteiger partial charge in [0, 0.05) is 53.3 Å². The summed E-state index contributed by atoms with van der Waals surface area (Å²) in [6, 6.07) is 9.43. The number of fused-ring (bicyclic) bond motifs is 2. The Morgan fingerprint density at radius 1 is 0.548 bits per heavy atom. The van der Waals surface area contributed by atoms with E-state index in [0.717, 1.165) is 24.3 Å². The summed E-state index contributed by atoms with van der Waals surface area (Å²) in [5, 5.41) is 105. The lowest BCUT2D eigenvalue weighted by molar-refractivity contribution is 0.0189. The van der Waals surface area contributed by atoms with E-state index >= 15 is 0 Å². The van der Waals surface area contributed by atoms with E-state index in [-0.39, 0.29) is 75.0 Å². The standard InChI is InChI=1S/C30H26O12/c31-12-4-18(33)15-8-25(40)29(41-26(15)5-12)14-7-22(37)21(36)6-13(14)27-23(38)10-19(34)16-9-24(39)28(42-30(16)27)11-1-2-17(32)20(35)3-11/h1-7,10,24-25,28-29,31-40H,8-9H2/t24-,25+,28-,29-/m1/s1. The normalized spacial score (nSPS) is 21.1. The molecule has 0 amide bonds. The molecule has 2 aliphatic rings. The minimum absolute atomic E-state index is 0.0274. The fourth-order valence-electron chi connectivity index (χ4n) is 5.56. The van der Waals surface area contributed by atoms with E-state index in [1.807, 2.05) is 0 Å². The number of benzene rings is 4. The SMILES string of the molecule is Oc1cc(O)c2c(c1)O[C@H](c1cc(O)c(O)cc1-c1c(O)cc(O)c3c1O[C@H](c1ccc(O)c(O)c1)[C@H](O)C3)[C@@H](O)C2. The van der Waals surface area contributed by atoms with Crippen molar-refractivity contribution in [2.45, 2.75) is 37.3 Å². The van der Waals surface area contributed by atoms with Crippen molar-refractivity contribution in [2.24, 2.45) is 0 Å². The summed E-state index contributed by atoms with van der Waals surface area (Å²) in [5.41, 5.74) is 0.644. The first-order valence-electron chi connectivity index (χ1n) is 12.8. The van der Waals surface area contributed by atoms with Gasteiger partial charge in [0.15, 0.2) is 29.1 Å². The topological polar surface area (TPSA) is 221 Å². The van der Waals surface area contributed by atoms with E-state index in [2.05, 4.69) is 0 Å². The van der Waals surface area contributed by atoms with Crippen molar-refractivity contribution in [2.75, 3.05) is 0 Å². The molecule has 0 aliphatic carbocycles. The van der Waals surface area contributed by atoms with Gasteiger partial charge in [-0.05, 0) is 29.8 Å². The summed E-state index contributed by atoms with van der Waals surface area (Å²) in [6.07, 6.45) is -5.18. The third-order valence-corrected chi connectivity index (χ3v) is 7.58. The summed E-state index contributed by atoms with van der Waals surface area (Å²) in [4.78, 5) is 0. The molecule has 218 valence electrons. The highest BCUT2D eigenvalue weighted by molar-refractivity contribution is 5.84. The number of aliphatic hydroxyl groups is 2. The van der Waals surface area contributed by atoms with Crippen molar-refractivity contribution in [3.05, 3.63) is 70.8 Å². The smallest absolute Gasteiger partial charge is 0.158 e. The van der Waals surface area contributed by atoms with Crippen LogP contribution in [-0.2, 0) is 12.8 Å². The van der Waals surface area contributed by atoms with Crippen LogP contribution in [0.3, 0.4) is 0 Å². The molecular formula is C30H26O12. The van der Waals surface area contributed by atoms with Crippen LogP contribution in [0.1, 0.15) is 34.5 Å². The van der Waals surface area contributed by atoms with Crippen LogP contribution in [0.2, 0.25) is 0 Å². The van der Waals surface area contributed by atoms with Crippen molar-refractivity contribution >= 4 is 0 Å². The van der Waals surface area contributed by atoms with Crippen LogP contribution in [0.15, 0.2) is 48.5 Å². The van der Waals surface area contributed by atoms with Gasteiger partial charge >= 0.3 is 0 Å². The summed E-state index contributed by atoms with van der Waals surface area (Å²) < 4.78 is 12.1. The Labute approximate surface area is 237 Å². The largest absolute Gasteiger partial charge is 0.508 e. The zero-order chi connectivity index (χ0) is 30.0. The van der Waals surface area contributed by atoms with Gasteiger partial charge in [-0.2, -0.15) is 0 Å². The lowest BCUT2D eigenvalue weighted by Gasteiger charge is -2.35. The van der Waals surface area contributed by atoms with Crippen LogP contribution in [0.5, 0.6) is 57.5 Å². The van der Waals surface area contributed by atoms with Crippen molar-refractivity contribution in [3.8, 4) is 68.6 Å². The Kier molecular flexibility index (Phi) is 6.24. The molecule has 42 heavy (non-hydrogen) atoms. The van der Waals surface area contributed by atoms with E-state index in [1.165, 1.54) is 24.3 Å². The average molecular weight is 579 g/mol. The molecular weight excluding hydrogens is 552 g/mol. The molecule has 6 rings (SSSR count). The monoisotopic (exact) mass is 578 g/mol. The maximum Gasteiger partial charge on any atom is 0.158 e. The zero-order valence-corrected chi connectivity index (χ0v) is 21.6. The van der Waals surface area contributed by atoms with Crippen LogP contribution in [0.25, 0.3) is 11.1 Å². The van der Waals surface area contributed by atoms with Crippen LogP contribution < -0.4 is 9.47 Å². The molecule has 4 aromatic rings. The Balaban J connectivity index is 1.52. The number of ether oxygens (including phenoxy) is 2. The molecule has 4 aromatic carbocycles. The molecule has 0 radical (unpaired) electrons. The molecule has 0 unspecified atom stereocenters. The van der Waals surface area contributed by atoms with Gasteiger partial charge in [0.05, 0.1) is 17.8 Å². The van der Waals surface area contributed by atoms with Gasteiger partial charge in [0.25, 0.3) is 0 Å². The van der Waals surface area contributed by atoms with Crippen LogP contribution in [0.4, 0.5) is 0 Å². The molecule has 12 nitrogen and oxygen atoms in total. The molecule has 0 spiro atoms. The van der Waals surface area contributed by atoms with Crippen LogP contribution >= 0.6 is 0 Å². The Bertz CT molecular complexity index is 1730. The molecule has 2 heterocycles. The van der Waals surface area contributed by atoms with Crippen molar-refractivity contribution in [3.63, 3.8) is 0 Å². The van der Waals surface area contributed by atoms with E-state index in [0.29, 0.717) is 0 Å². The number of phenols is 8. The fraction of sp³-hybridized carbons (Fsp3) is 0.200. The summed E-state index contributed by atoms with van der Waals surface area (Å²) in [5.74, 6) is -3.54. The van der Waals surface area contributed by atoms with Gasteiger partial charge in [-0.1, -0.05) is 6.07 Å². The zero-order valence-electron chi connectivity index (χ0n) is 21.6. The van der Waals surface area contributed by atoms with E-state index in [4.69, 9.17) is 9.47 Å². The molecule has 12 heteroatoms. The molecule has 2 aliphatic heterocycles. The number of hydrogen-bond acceptors (Lipinski definition) is 12. The Morgan fingerprint density at radius 3 is 1.93 bits per heavy atom. The lowest BCUT2D eigenvalue weighted by atomic mass is 9.85. The van der Waals surface area contributed by atoms with Crippen molar-refractivity contribution in [1.82, 2.24) is 0 Å². The minimum atomic E-state index is -1.30. The van der Waals surface area contributed by atoms with Gasteiger partial charge in [-0.3, -0.25) is 0 Å². The van der Waals surface area contributed by atoms with Gasteiger partial charge in [0.2, 0.25) is 0 Å². The summed E-state index contributed by atoms with van der Waals surface area (Å²) >= 11 is 0. The maximum atomic E-state index is 11.1. The predicted octanol–water partition coefficient (Wildman–Crippen LogP) is 3.07. The second-order valence-corrected chi connectivity index (χ2v) is 10.3. The predicted molar refractivity (Wildman–Crippen MR) is 144 cm³/mol. The molecule has 0 aromatic heterocycles. The first kappa shape index (κ1) is 27.0. The molecule has 0 bridgehead atoms. The van der Waals surface area contributed by atoms with Gasteiger partial charge in [-0.15, -0.1) is 0 Å². The van der Waals surface area contributed by atoms with Gasteiger partial charge < -0.3 is 60.5 Å². The second kappa shape index (κ2) is 9.72. The molecule has 0 saturated heterocycles. The first-order valence-corrected chi connectivity index (χ1v) is 12.8. The van der Waals surface area contributed by atoms with E-state index in [9.17, 15) is 51.1 Å². The highest BCUT2D eigenvalue weighted by atomic mass is 16.5. The Hall–Kier alpha value is -5.20. The molecule has 0 saturated carbocycles. The number of aliphatic hydroxyl groups excluding tert-OH is 2. The minimum Gasteiger partial charge on any atom is -0.508 e. The summed E-state index contributed by atoms with van der Waals surface area (Å²) in [7, 11) is 0. The van der Waals surface area contributed by atoms with Gasteiger partial charge in [-0.25, -0.2) is 0 Å².